The Hall–Kier alpha value is -2.89. The molecule has 3 rings (SSSR count). The highest BCUT2D eigenvalue weighted by atomic mass is 19.1. The van der Waals surface area contributed by atoms with Crippen molar-refractivity contribution in [3.63, 3.8) is 0 Å². The molecule has 5 nitrogen and oxygen atoms in total. The van der Waals surface area contributed by atoms with Crippen molar-refractivity contribution in [2.75, 3.05) is 5.73 Å². The topological polar surface area (TPSA) is 81.0 Å². The lowest BCUT2D eigenvalue weighted by Crippen LogP contribution is -2.09. The Bertz CT molecular complexity index is 845. The number of nitrogens with two attached hydrogens (primary N) is 1. The fourth-order valence-electron chi connectivity index (χ4n) is 1.83. The quantitative estimate of drug-likeness (QED) is 0.701. The van der Waals surface area contributed by atoms with Crippen LogP contribution in [0.3, 0.4) is 0 Å². The highest BCUT2D eigenvalue weighted by Gasteiger charge is 2.06. The second-order valence-corrected chi connectivity index (χ2v) is 4.21. The van der Waals surface area contributed by atoms with Crippen LogP contribution in [0.25, 0.3) is 10.9 Å². The number of halogens is 1. The number of nitrogens with zero attached hydrogens (tertiary/aromatic N) is 1. The third kappa shape index (κ3) is 2.31. The molecule has 0 atom stereocenters. The van der Waals surface area contributed by atoms with Gasteiger partial charge in [-0.2, -0.15) is 4.98 Å². The Morgan fingerprint density at radius 3 is 2.85 bits per heavy atom. The highest BCUT2D eigenvalue weighted by Crippen LogP contribution is 2.19. The number of benzene rings is 2. The Morgan fingerprint density at radius 2 is 2.05 bits per heavy atom. The van der Waals surface area contributed by atoms with Crippen LogP contribution in [0, 0.1) is 5.82 Å². The molecule has 1 aromatic heterocycles. The number of fused-ring (bicyclic) bond motifs is 1. The molecule has 0 aliphatic heterocycles. The average molecular weight is 271 g/mol. The van der Waals surface area contributed by atoms with E-state index in [1.165, 1.54) is 24.3 Å². The Labute approximate surface area is 112 Å². The summed E-state index contributed by atoms with van der Waals surface area (Å²) in [6.07, 6.45) is 0. The number of ether oxygens (including phenoxy) is 1. The highest BCUT2D eigenvalue weighted by molar-refractivity contribution is 5.81. The van der Waals surface area contributed by atoms with Gasteiger partial charge in [-0.1, -0.05) is 6.07 Å². The zero-order valence-electron chi connectivity index (χ0n) is 10.3. The van der Waals surface area contributed by atoms with E-state index in [4.69, 9.17) is 10.5 Å². The zero-order valence-corrected chi connectivity index (χ0v) is 10.3. The largest absolute Gasteiger partial charge is 0.425 e. The van der Waals surface area contributed by atoms with E-state index < -0.39 is 5.82 Å². The number of hydrogen-bond acceptors (Lipinski definition) is 4. The molecule has 0 saturated heterocycles. The van der Waals surface area contributed by atoms with E-state index in [9.17, 15) is 9.18 Å². The molecular weight excluding hydrogens is 261 g/mol. The van der Waals surface area contributed by atoms with Crippen molar-refractivity contribution in [2.45, 2.75) is 0 Å². The van der Waals surface area contributed by atoms with Crippen LogP contribution in [-0.4, -0.2) is 9.97 Å². The van der Waals surface area contributed by atoms with Gasteiger partial charge in [0.15, 0.2) is 0 Å². The molecule has 20 heavy (non-hydrogen) atoms. The number of nitrogens with one attached hydrogen (secondary N) is 1. The zero-order chi connectivity index (χ0) is 14.1. The number of aromatic amines is 1. The molecule has 0 aliphatic rings. The summed E-state index contributed by atoms with van der Waals surface area (Å²) in [6, 6.07) is 10.4. The molecule has 0 radical (unpaired) electrons. The van der Waals surface area contributed by atoms with Crippen LogP contribution in [-0.2, 0) is 0 Å². The Balaban J connectivity index is 2.05. The third-order valence-corrected chi connectivity index (χ3v) is 2.72. The van der Waals surface area contributed by atoms with E-state index in [0.717, 1.165) is 0 Å². The molecule has 0 bridgehead atoms. The van der Waals surface area contributed by atoms with Gasteiger partial charge in [0, 0.05) is 11.8 Å². The minimum absolute atomic E-state index is 0.00197. The van der Waals surface area contributed by atoms with Gasteiger partial charge in [-0.05, 0) is 30.3 Å². The number of anilines is 1. The van der Waals surface area contributed by atoms with Crippen molar-refractivity contribution in [2.24, 2.45) is 0 Å². The van der Waals surface area contributed by atoms with Crippen molar-refractivity contribution < 1.29 is 9.13 Å². The lowest BCUT2D eigenvalue weighted by molar-refractivity contribution is 0.439. The van der Waals surface area contributed by atoms with Crippen molar-refractivity contribution in [3.05, 3.63) is 58.6 Å². The average Bonchev–Trinajstić information content (AvgIpc) is 2.40. The first-order chi connectivity index (χ1) is 9.61. The van der Waals surface area contributed by atoms with Gasteiger partial charge in [0.05, 0.1) is 10.9 Å². The smallest absolute Gasteiger partial charge is 0.302 e. The number of rotatable bonds is 2. The van der Waals surface area contributed by atoms with Crippen LogP contribution in [0.2, 0.25) is 0 Å². The number of H-pyrrole nitrogens is 1. The predicted molar refractivity (Wildman–Crippen MR) is 73.3 cm³/mol. The first kappa shape index (κ1) is 12.2. The second kappa shape index (κ2) is 4.65. The molecule has 0 unspecified atom stereocenters. The van der Waals surface area contributed by atoms with E-state index in [1.807, 2.05) is 0 Å². The molecule has 2 aromatic carbocycles. The van der Waals surface area contributed by atoms with Gasteiger partial charge in [0.25, 0.3) is 5.56 Å². The van der Waals surface area contributed by atoms with Crippen LogP contribution >= 0.6 is 0 Å². The summed E-state index contributed by atoms with van der Waals surface area (Å²) < 4.78 is 18.4. The minimum atomic E-state index is -0.432. The van der Waals surface area contributed by atoms with E-state index in [1.54, 1.807) is 18.2 Å². The fourth-order valence-corrected chi connectivity index (χ4v) is 1.83. The summed E-state index contributed by atoms with van der Waals surface area (Å²) in [5, 5.41) is 0.372. The lowest BCUT2D eigenvalue weighted by atomic mass is 10.2. The van der Waals surface area contributed by atoms with Crippen LogP contribution in [0.1, 0.15) is 0 Å². The molecule has 6 heteroatoms. The standard InChI is InChI=1S/C14H10FN3O2/c15-8-2-1-3-10(6-8)20-14-17-12-5-4-9(16)7-11(12)13(19)18-14/h1-7H,16H2,(H,17,18,19). The maximum Gasteiger partial charge on any atom is 0.302 e. The second-order valence-electron chi connectivity index (χ2n) is 4.21. The molecule has 0 amide bonds. The summed E-state index contributed by atoms with van der Waals surface area (Å²) in [5.74, 6) is -0.179. The van der Waals surface area contributed by atoms with Gasteiger partial charge in [0.1, 0.15) is 11.6 Å². The summed E-state index contributed by atoms with van der Waals surface area (Å²) >= 11 is 0. The van der Waals surface area contributed by atoms with E-state index in [0.29, 0.717) is 16.6 Å². The van der Waals surface area contributed by atoms with Crippen LogP contribution in [0.4, 0.5) is 10.1 Å². The van der Waals surface area contributed by atoms with Crippen LogP contribution in [0.5, 0.6) is 11.8 Å². The van der Waals surface area contributed by atoms with E-state index in [-0.39, 0.29) is 17.3 Å². The van der Waals surface area contributed by atoms with Crippen molar-refractivity contribution >= 4 is 16.6 Å². The predicted octanol–water partition coefficient (Wildman–Crippen LogP) is 2.44. The normalized spacial score (nSPS) is 10.7. The first-order valence-electron chi connectivity index (χ1n) is 5.85. The number of nitrogen functional groups attached to an aromatic ring is 1. The first-order valence-corrected chi connectivity index (χ1v) is 5.85. The monoisotopic (exact) mass is 271 g/mol. The van der Waals surface area contributed by atoms with Gasteiger partial charge >= 0.3 is 6.01 Å². The molecule has 0 saturated carbocycles. The molecule has 0 fully saturated rings. The summed E-state index contributed by atoms with van der Waals surface area (Å²) in [5.41, 5.74) is 6.18. The third-order valence-electron chi connectivity index (χ3n) is 2.72. The summed E-state index contributed by atoms with van der Waals surface area (Å²) in [7, 11) is 0. The van der Waals surface area contributed by atoms with Gasteiger partial charge in [-0.3, -0.25) is 9.78 Å². The Kier molecular flexibility index (Phi) is 2.83. The lowest BCUT2D eigenvalue weighted by Gasteiger charge is -2.05. The molecule has 100 valence electrons. The van der Waals surface area contributed by atoms with Crippen molar-refractivity contribution in [1.82, 2.24) is 9.97 Å². The van der Waals surface area contributed by atoms with Crippen molar-refractivity contribution in [1.29, 1.82) is 0 Å². The van der Waals surface area contributed by atoms with E-state index in [2.05, 4.69) is 9.97 Å². The molecule has 3 N–H and O–H groups in total. The van der Waals surface area contributed by atoms with Gasteiger partial charge in [-0.25, -0.2) is 4.39 Å². The number of aromatic nitrogens is 2. The molecule has 3 aromatic rings. The fraction of sp³-hybridized carbons (Fsp3) is 0. The van der Waals surface area contributed by atoms with Gasteiger partial charge < -0.3 is 10.5 Å². The maximum absolute atomic E-state index is 13.1. The number of hydrogen-bond donors (Lipinski definition) is 2. The van der Waals surface area contributed by atoms with Crippen LogP contribution < -0.4 is 16.0 Å². The Morgan fingerprint density at radius 1 is 1.20 bits per heavy atom. The van der Waals surface area contributed by atoms with E-state index >= 15 is 0 Å². The van der Waals surface area contributed by atoms with Crippen LogP contribution in [0.15, 0.2) is 47.3 Å². The SMILES string of the molecule is Nc1ccc2nc(Oc3cccc(F)c3)[nH]c(=O)c2c1. The van der Waals surface area contributed by atoms with Gasteiger partial charge in [0.2, 0.25) is 0 Å². The molecule has 0 aliphatic carbocycles. The maximum atomic E-state index is 13.1. The molecule has 0 spiro atoms. The summed E-state index contributed by atoms with van der Waals surface area (Å²) in [4.78, 5) is 18.5. The minimum Gasteiger partial charge on any atom is -0.425 e. The summed E-state index contributed by atoms with van der Waals surface area (Å²) in [6.45, 7) is 0. The van der Waals surface area contributed by atoms with Crippen molar-refractivity contribution in [3.8, 4) is 11.8 Å². The molecule has 1 heterocycles. The van der Waals surface area contributed by atoms with Gasteiger partial charge in [-0.15, -0.1) is 0 Å². The molecular formula is C14H10FN3O2.